The molecule has 6 heteroatoms. The Kier molecular flexibility index (Phi) is 4.34. The minimum absolute atomic E-state index is 0.0288. The van der Waals surface area contributed by atoms with E-state index in [0.717, 1.165) is 13.1 Å². The van der Waals surface area contributed by atoms with Gasteiger partial charge >= 0.3 is 0 Å². The minimum Gasteiger partial charge on any atom is -0.333 e. The third-order valence-electron chi connectivity index (χ3n) is 3.67. The van der Waals surface area contributed by atoms with Gasteiger partial charge in [0, 0.05) is 42.9 Å². The summed E-state index contributed by atoms with van der Waals surface area (Å²) in [5.41, 5.74) is 1.07. The summed E-state index contributed by atoms with van der Waals surface area (Å²) in [5.74, 6) is -0.134. The fourth-order valence-corrected chi connectivity index (χ4v) is 2.47. The molecule has 0 aromatic heterocycles. The second kappa shape index (κ2) is 6.00. The predicted octanol–water partition coefficient (Wildman–Crippen LogP) is 1.59. The highest BCUT2D eigenvalue weighted by Crippen LogP contribution is 2.22. The van der Waals surface area contributed by atoms with Gasteiger partial charge in [-0.3, -0.25) is 14.9 Å². The zero-order valence-electron chi connectivity index (χ0n) is 11.8. The van der Waals surface area contributed by atoms with Gasteiger partial charge in [-0.05, 0) is 19.4 Å². The van der Waals surface area contributed by atoms with Crippen molar-refractivity contribution >= 4 is 11.6 Å². The average Bonchev–Trinajstić information content (AvgIpc) is 2.46. The van der Waals surface area contributed by atoms with Gasteiger partial charge < -0.3 is 10.2 Å². The van der Waals surface area contributed by atoms with Crippen molar-refractivity contribution in [3.8, 4) is 0 Å². The maximum atomic E-state index is 12.5. The lowest BCUT2D eigenvalue weighted by Gasteiger charge is -2.34. The number of piperazine rings is 1. The number of nitrogens with one attached hydrogen (secondary N) is 1. The summed E-state index contributed by atoms with van der Waals surface area (Å²) in [5, 5.41) is 14.3. The van der Waals surface area contributed by atoms with E-state index in [0.29, 0.717) is 24.1 Å². The molecule has 0 saturated carbocycles. The first kappa shape index (κ1) is 14.5. The highest BCUT2D eigenvalue weighted by molar-refractivity contribution is 5.95. The molecule has 1 heterocycles. The standard InChI is InChI=1S/C14H19N3O3/c1-3-11-4-5-12(8-13(11)17(19)20)14(18)16-7-6-15-9-10(16)2/h4-5,8,10,15H,3,6-7,9H2,1-2H3/t10-/m1/s1. The highest BCUT2D eigenvalue weighted by Gasteiger charge is 2.25. The van der Waals surface area contributed by atoms with Gasteiger partial charge in [-0.1, -0.05) is 13.0 Å². The quantitative estimate of drug-likeness (QED) is 0.672. The highest BCUT2D eigenvalue weighted by atomic mass is 16.6. The Bertz CT molecular complexity index is 530. The van der Waals surface area contributed by atoms with Crippen LogP contribution in [0.5, 0.6) is 0 Å². The molecule has 1 amide bonds. The van der Waals surface area contributed by atoms with Crippen molar-refractivity contribution in [3.05, 3.63) is 39.4 Å². The van der Waals surface area contributed by atoms with E-state index >= 15 is 0 Å². The summed E-state index contributed by atoms with van der Waals surface area (Å²) < 4.78 is 0. The fourth-order valence-electron chi connectivity index (χ4n) is 2.47. The van der Waals surface area contributed by atoms with E-state index in [-0.39, 0.29) is 17.6 Å². The number of rotatable bonds is 3. The number of carbonyl (C=O) groups is 1. The number of benzene rings is 1. The Morgan fingerprint density at radius 3 is 2.90 bits per heavy atom. The molecule has 6 nitrogen and oxygen atoms in total. The molecule has 1 aliphatic rings. The van der Waals surface area contributed by atoms with Crippen molar-refractivity contribution in [2.45, 2.75) is 26.3 Å². The number of nitrogens with zero attached hydrogens (tertiary/aromatic N) is 2. The van der Waals surface area contributed by atoms with Gasteiger partial charge in [0.15, 0.2) is 0 Å². The molecule has 1 aliphatic heterocycles. The maximum Gasteiger partial charge on any atom is 0.273 e. The number of hydrogen-bond acceptors (Lipinski definition) is 4. The summed E-state index contributed by atoms with van der Waals surface area (Å²) in [6.07, 6.45) is 0.578. The van der Waals surface area contributed by atoms with Crippen LogP contribution in [0.3, 0.4) is 0 Å². The number of amides is 1. The van der Waals surface area contributed by atoms with E-state index in [4.69, 9.17) is 0 Å². The lowest BCUT2D eigenvalue weighted by molar-refractivity contribution is -0.385. The molecule has 0 bridgehead atoms. The number of nitro benzene ring substituents is 1. The monoisotopic (exact) mass is 277 g/mol. The Morgan fingerprint density at radius 2 is 2.30 bits per heavy atom. The van der Waals surface area contributed by atoms with Crippen molar-refractivity contribution in [3.63, 3.8) is 0 Å². The summed E-state index contributed by atoms with van der Waals surface area (Å²) in [6.45, 7) is 5.97. The molecule has 1 aromatic carbocycles. The molecule has 1 atom stereocenters. The Morgan fingerprint density at radius 1 is 1.55 bits per heavy atom. The van der Waals surface area contributed by atoms with Gasteiger partial charge in [0.25, 0.3) is 11.6 Å². The smallest absolute Gasteiger partial charge is 0.273 e. The van der Waals surface area contributed by atoms with Crippen LogP contribution < -0.4 is 5.32 Å². The second-order valence-electron chi connectivity index (χ2n) is 5.01. The third-order valence-corrected chi connectivity index (χ3v) is 3.67. The first-order chi connectivity index (χ1) is 9.54. The summed E-state index contributed by atoms with van der Waals surface area (Å²) in [7, 11) is 0. The molecule has 1 fully saturated rings. The molecular weight excluding hydrogens is 258 g/mol. The van der Waals surface area contributed by atoms with Gasteiger partial charge in [0.1, 0.15) is 0 Å². The van der Waals surface area contributed by atoms with Gasteiger partial charge in [-0.15, -0.1) is 0 Å². The van der Waals surface area contributed by atoms with Crippen LogP contribution >= 0.6 is 0 Å². The normalized spacial score (nSPS) is 18.9. The van der Waals surface area contributed by atoms with E-state index in [9.17, 15) is 14.9 Å². The summed E-state index contributed by atoms with van der Waals surface area (Å²) in [4.78, 5) is 24.9. The molecule has 0 radical (unpaired) electrons. The average molecular weight is 277 g/mol. The zero-order chi connectivity index (χ0) is 14.7. The number of nitro groups is 1. The van der Waals surface area contributed by atoms with Crippen LogP contribution in [0.15, 0.2) is 18.2 Å². The third kappa shape index (κ3) is 2.80. The number of aryl methyl sites for hydroxylation is 1. The summed E-state index contributed by atoms with van der Waals surface area (Å²) >= 11 is 0. The minimum atomic E-state index is -0.420. The van der Waals surface area contributed by atoms with Crippen molar-refractivity contribution < 1.29 is 9.72 Å². The Labute approximate surface area is 117 Å². The molecule has 1 N–H and O–H groups in total. The van der Waals surface area contributed by atoms with Gasteiger partial charge in [0.05, 0.1) is 4.92 Å². The van der Waals surface area contributed by atoms with Crippen LogP contribution in [0.1, 0.15) is 29.8 Å². The molecular formula is C14H19N3O3. The molecule has 2 rings (SSSR count). The van der Waals surface area contributed by atoms with E-state index in [2.05, 4.69) is 5.32 Å². The largest absolute Gasteiger partial charge is 0.333 e. The van der Waals surface area contributed by atoms with E-state index in [1.54, 1.807) is 17.0 Å². The van der Waals surface area contributed by atoms with Crippen molar-refractivity contribution in [2.24, 2.45) is 0 Å². The summed E-state index contributed by atoms with van der Waals surface area (Å²) in [6, 6.07) is 4.86. The van der Waals surface area contributed by atoms with E-state index in [1.807, 2.05) is 13.8 Å². The van der Waals surface area contributed by atoms with Gasteiger partial charge in [-0.25, -0.2) is 0 Å². The Hall–Kier alpha value is -1.95. The zero-order valence-corrected chi connectivity index (χ0v) is 11.8. The van der Waals surface area contributed by atoms with Crippen LogP contribution in [0, 0.1) is 10.1 Å². The SMILES string of the molecule is CCc1ccc(C(=O)N2CCNC[C@H]2C)cc1[N+](=O)[O-]. The fraction of sp³-hybridized carbons (Fsp3) is 0.500. The van der Waals surface area contributed by atoms with Crippen molar-refractivity contribution in [1.29, 1.82) is 0 Å². The first-order valence-electron chi connectivity index (χ1n) is 6.83. The van der Waals surface area contributed by atoms with Crippen molar-refractivity contribution in [2.75, 3.05) is 19.6 Å². The van der Waals surface area contributed by atoms with E-state index in [1.165, 1.54) is 6.07 Å². The second-order valence-corrected chi connectivity index (χ2v) is 5.01. The maximum absolute atomic E-state index is 12.5. The molecule has 1 saturated heterocycles. The first-order valence-corrected chi connectivity index (χ1v) is 6.83. The van der Waals surface area contributed by atoms with Crippen LogP contribution in [-0.4, -0.2) is 41.4 Å². The van der Waals surface area contributed by atoms with Gasteiger partial charge in [-0.2, -0.15) is 0 Å². The molecule has 1 aromatic rings. The Balaban J connectivity index is 2.30. The van der Waals surface area contributed by atoms with Crippen LogP contribution in [0.4, 0.5) is 5.69 Å². The van der Waals surface area contributed by atoms with Gasteiger partial charge in [0.2, 0.25) is 0 Å². The lowest BCUT2D eigenvalue weighted by Crippen LogP contribution is -2.52. The van der Waals surface area contributed by atoms with Crippen LogP contribution in [0.25, 0.3) is 0 Å². The molecule has 0 aliphatic carbocycles. The molecule has 108 valence electrons. The van der Waals surface area contributed by atoms with Crippen LogP contribution in [0.2, 0.25) is 0 Å². The molecule has 0 unspecified atom stereocenters. The van der Waals surface area contributed by atoms with Crippen LogP contribution in [-0.2, 0) is 6.42 Å². The van der Waals surface area contributed by atoms with Crippen molar-refractivity contribution in [1.82, 2.24) is 10.2 Å². The predicted molar refractivity (Wildman–Crippen MR) is 75.8 cm³/mol. The molecule has 20 heavy (non-hydrogen) atoms. The number of carbonyl (C=O) groups excluding carboxylic acids is 1. The topological polar surface area (TPSA) is 75.5 Å². The van der Waals surface area contributed by atoms with E-state index < -0.39 is 4.92 Å². The number of hydrogen-bond donors (Lipinski definition) is 1. The lowest BCUT2D eigenvalue weighted by atomic mass is 10.1. The molecule has 0 spiro atoms.